The zero-order chi connectivity index (χ0) is 10.8. The Balaban J connectivity index is 2.03. The van der Waals surface area contributed by atoms with Crippen molar-refractivity contribution in [1.82, 2.24) is 15.2 Å². The molecule has 82 valence electrons. The number of amides is 1. The highest BCUT2D eigenvalue weighted by Crippen LogP contribution is 2.13. The molecule has 1 aliphatic heterocycles. The van der Waals surface area contributed by atoms with Crippen LogP contribution in [0, 0.1) is 0 Å². The standard InChI is InChI=1S/C10H14ClN3O/c1-14-6-7(11)4-9(14)10(15)13-8-2-3-12-5-8/h4,6,8,12H,2-3,5H2,1H3,(H,13,15)/t8-/m1/s1. The molecule has 5 heteroatoms. The van der Waals surface area contributed by atoms with Crippen LogP contribution >= 0.6 is 11.6 Å². The highest BCUT2D eigenvalue weighted by molar-refractivity contribution is 6.31. The summed E-state index contributed by atoms with van der Waals surface area (Å²) in [5.41, 5.74) is 0.604. The van der Waals surface area contributed by atoms with Gasteiger partial charge in [-0.1, -0.05) is 11.6 Å². The van der Waals surface area contributed by atoms with Crippen molar-refractivity contribution < 1.29 is 4.79 Å². The predicted octanol–water partition coefficient (Wildman–Crippen LogP) is 0.770. The molecule has 15 heavy (non-hydrogen) atoms. The zero-order valence-electron chi connectivity index (χ0n) is 8.59. The van der Waals surface area contributed by atoms with E-state index in [-0.39, 0.29) is 11.9 Å². The van der Waals surface area contributed by atoms with Crippen LogP contribution in [0.2, 0.25) is 5.02 Å². The van der Waals surface area contributed by atoms with Gasteiger partial charge in [-0.15, -0.1) is 0 Å². The van der Waals surface area contributed by atoms with Gasteiger partial charge in [-0.05, 0) is 19.0 Å². The second-order valence-corrected chi connectivity index (χ2v) is 4.25. The Kier molecular flexibility index (Phi) is 2.98. The maximum Gasteiger partial charge on any atom is 0.268 e. The molecule has 0 unspecified atom stereocenters. The van der Waals surface area contributed by atoms with Crippen LogP contribution < -0.4 is 10.6 Å². The first-order valence-electron chi connectivity index (χ1n) is 5.00. The first kappa shape index (κ1) is 10.5. The average molecular weight is 228 g/mol. The van der Waals surface area contributed by atoms with E-state index in [2.05, 4.69) is 10.6 Å². The molecule has 0 bridgehead atoms. The fourth-order valence-corrected chi connectivity index (χ4v) is 2.04. The van der Waals surface area contributed by atoms with Crippen molar-refractivity contribution >= 4 is 17.5 Å². The summed E-state index contributed by atoms with van der Waals surface area (Å²) in [7, 11) is 1.81. The van der Waals surface area contributed by atoms with Gasteiger partial charge in [0, 0.05) is 25.8 Å². The van der Waals surface area contributed by atoms with Gasteiger partial charge in [0.25, 0.3) is 5.91 Å². The van der Waals surface area contributed by atoms with Crippen molar-refractivity contribution in [1.29, 1.82) is 0 Å². The molecule has 0 aromatic carbocycles. The Morgan fingerprint density at radius 1 is 1.73 bits per heavy atom. The number of aromatic nitrogens is 1. The summed E-state index contributed by atoms with van der Waals surface area (Å²) >= 11 is 5.81. The van der Waals surface area contributed by atoms with Crippen molar-refractivity contribution in [2.45, 2.75) is 12.5 Å². The Labute approximate surface area is 93.6 Å². The molecule has 0 radical (unpaired) electrons. The Morgan fingerprint density at radius 2 is 2.53 bits per heavy atom. The van der Waals surface area contributed by atoms with Gasteiger partial charge >= 0.3 is 0 Å². The van der Waals surface area contributed by atoms with Gasteiger partial charge in [-0.25, -0.2) is 0 Å². The molecule has 1 saturated heterocycles. The van der Waals surface area contributed by atoms with Crippen LogP contribution in [0.25, 0.3) is 0 Å². The molecule has 1 aliphatic rings. The molecule has 1 fully saturated rings. The van der Waals surface area contributed by atoms with Gasteiger partial charge in [-0.3, -0.25) is 4.79 Å². The Morgan fingerprint density at radius 3 is 3.07 bits per heavy atom. The fourth-order valence-electron chi connectivity index (χ4n) is 1.79. The number of nitrogens with one attached hydrogen (secondary N) is 2. The normalized spacial score (nSPS) is 20.5. The van der Waals surface area contributed by atoms with Crippen LogP contribution in [0.3, 0.4) is 0 Å². The molecule has 2 rings (SSSR count). The van der Waals surface area contributed by atoms with Crippen molar-refractivity contribution in [2.75, 3.05) is 13.1 Å². The molecule has 0 saturated carbocycles. The molecule has 2 N–H and O–H groups in total. The van der Waals surface area contributed by atoms with Crippen molar-refractivity contribution in [2.24, 2.45) is 7.05 Å². The van der Waals surface area contributed by atoms with Gasteiger partial charge in [0.15, 0.2) is 0 Å². The number of aryl methyl sites for hydroxylation is 1. The van der Waals surface area contributed by atoms with E-state index in [0.717, 1.165) is 19.5 Å². The summed E-state index contributed by atoms with van der Waals surface area (Å²) in [4.78, 5) is 11.8. The molecule has 4 nitrogen and oxygen atoms in total. The third kappa shape index (κ3) is 2.33. The van der Waals surface area contributed by atoms with E-state index in [1.165, 1.54) is 0 Å². The fraction of sp³-hybridized carbons (Fsp3) is 0.500. The van der Waals surface area contributed by atoms with Crippen molar-refractivity contribution in [3.63, 3.8) is 0 Å². The van der Waals surface area contributed by atoms with Crippen LogP contribution in [0.15, 0.2) is 12.3 Å². The lowest BCUT2D eigenvalue weighted by Gasteiger charge is -2.11. The minimum Gasteiger partial charge on any atom is -0.347 e. The Bertz CT molecular complexity index is 369. The molecule has 2 heterocycles. The van der Waals surface area contributed by atoms with Gasteiger partial charge in [0.2, 0.25) is 0 Å². The largest absolute Gasteiger partial charge is 0.347 e. The molecule has 1 aromatic heterocycles. The number of carbonyl (C=O) groups excluding carboxylic acids is 1. The number of nitrogens with zero attached hydrogens (tertiary/aromatic N) is 1. The minimum absolute atomic E-state index is 0.0573. The van der Waals surface area contributed by atoms with E-state index >= 15 is 0 Å². The van der Waals surface area contributed by atoms with Crippen molar-refractivity contribution in [3.8, 4) is 0 Å². The van der Waals surface area contributed by atoms with Crippen molar-refractivity contribution in [3.05, 3.63) is 23.0 Å². The molecule has 1 amide bonds. The SMILES string of the molecule is Cn1cc(Cl)cc1C(=O)N[C@@H]1CCNC1. The molecule has 0 aliphatic carbocycles. The molecule has 0 spiro atoms. The highest BCUT2D eigenvalue weighted by atomic mass is 35.5. The van der Waals surface area contributed by atoms with E-state index in [0.29, 0.717) is 10.7 Å². The lowest BCUT2D eigenvalue weighted by atomic mass is 10.2. The van der Waals surface area contributed by atoms with Crippen LogP contribution in [0.5, 0.6) is 0 Å². The summed E-state index contributed by atoms with van der Waals surface area (Å²) in [6.45, 7) is 1.82. The first-order chi connectivity index (χ1) is 7.16. The maximum atomic E-state index is 11.8. The van der Waals surface area contributed by atoms with E-state index in [1.807, 2.05) is 7.05 Å². The highest BCUT2D eigenvalue weighted by Gasteiger charge is 2.19. The third-order valence-corrected chi connectivity index (χ3v) is 2.81. The van der Waals surface area contributed by atoms with Gasteiger partial charge < -0.3 is 15.2 Å². The zero-order valence-corrected chi connectivity index (χ0v) is 9.34. The Hall–Kier alpha value is -1.00. The average Bonchev–Trinajstić information content (AvgIpc) is 2.75. The third-order valence-electron chi connectivity index (χ3n) is 2.60. The van der Waals surface area contributed by atoms with Gasteiger partial charge in [0.1, 0.15) is 5.69 Å². The molecular weight excluding hydrogens is 214 g/mol. The second-order valence-electron chi connectivity index (χ2n) is 3.82. The predicted molar refractivity (Wildman–Crippen MR) is 59.2 cm³/mol. The maximum absolute atomic E-state index is 11.8. The number of hydrogen-bond donors (Lipinski definition) is 2. The molecule has 1 aromatic rings. The summed E-state index contributed by atoms with van der Waals surface area (Å²) < 4.78 is 1.74. The quantitative estimate of drug-likeness (QED) is 0.784. The number of rotatable bonds is 2. The lowest BCUT2D eigenvalue weighted by Crippen LogP contribution is -2.37. The van der Waals surface area contributed by atoms with Gasteiger partial charge in [-0.2, -0.15) is 0 Å². The number of halogens is 1. The van der Waals surface area contributed by atoms with E-state index < -0.39 is 0 Å². The summed E-state index contributed by atoms with van der Waals surface area (Å²) in [6, 6.07) is 1.92. The molecule has 1 atom stereocenters. The monoisotopic (exact) mass is 227 g/mol. The first-order valence-corrected chi connectivity index (χ1v) is 5.38. The van der Waals surface area contributed by atoms with E-state index in [1.54, 1.807) is 16.8 Å². The topological polar surface area (TPSA) is 46.1 Å². The van der Waals surface area contributed by atoms with E-state index in [9.17, 15) is 4.79 Å². The molecular formula is C10H14ClN3O. The summed E-state index contributed by atoms with van der Waals surface area (Å²) in [6.07, 6.45) is 2.72. The number of hydrogen-bond acceptors (Lipinski definition) is 2. The van der Waals surface area contributed by atoms with Crippen LogP contribution in [0.1, 0.15) is 16.9 Å². The summed E-state index contributed by atoms with van der Waals surface area (Å²) in [5, 5.41) is 6.76. The smallest absolute Gasteiger partial charge is 0.268 e. The van der Waals surface area contributed by atoms with Crippen LogP contribution in [-0.2, 0) is 7.05 Å². The minimum atomic E-state index is -0.0573. The lowest BCUT2D eigenvalue weighted by molar-refractivity contribution is 0.0932. The number of carbonyl (C=O) groups is 1. The van der Waals surface area contributed by atoms with Gasteiger partial charge in [0.05, 0.1) is 5.02 Å². The second kappa shape index (κ2) is 4.24. The van der Waals surface area contributed by atoms with Crippen LogP contribution in [-0.4, -0.2) is 29.6 Å². The summed E-state index contributed by atoms with van der Waals surface area (Å²) in [5.74, 6) is -0.0573. The van der Waals surface area contributed by atoms with Crippen LogP contribution in [0.4, 0.5) is 0 Å². The van der Waals surface area contributed by atoms with E-state index in [4.69, 9.17) is 11.6 Å².